The summed E-state index contributed by atoms with van der Waals surface area (Å²) < 4.78 is 28.9. The molecule has 35 heavy (non-hydrogen) atoms. The molecular formula is C25H26N4O3S3. The Balaban J connectivity index is 1.82. The van der Waals surface area contributed by atoms with Gasteiger partial charge in [-0.2, -0.15) is 5.10 Å². The molecule has 0 radical (unpaired) electrons. The van der Waals surface area contributed by atoms with Crippen molar-refractivity contribution in [3.05, 3.63) is 71.3 Å². The summed E-state index contributed by atoms with van der Waals surface area (Å²) in [5, 5.41) is 4.77. The van der Waals surface area contributed by atoms with E-state index >= 15 is 0 Å². The molecule has 3 aromatic rings. The average Bonchev–Trinajstić information content (AvgIpc) is 3.39. The van der Waals surface area contributed by atoms with Gasteiger partial charge in [-0.15, -0.1) is 0 Å². The number of carbonyl (C=O) groups excluding carboxylic acids is 1. The molecule has 1 aromatic heterocycles. The minimum atomic E-state index is -3.62. The third-order valence-corrected chi connectivity index (χ3v) is 8.73. The molecular weight excluding hydrogens is 501 g/mol. The zero-order chi connectivity index (χ0) is 25.2. The number of hydrogen-bond donors (Lipinski definition) is 0. The van der Waals surface area contributed by atoms with Gasteiger partial charge in [0.2, 0.25) is 10.0 Å². The Labute approximate surface area is 215 Å². The molecule has 0 atom stereocenters. The van der Waals surface area contributed by atoms with Crippen LogP contribution in [0.3, 0.4) is 0 Å². The van der Waals surface area contributed by atoms with Gasteiger partial charge in [-0.25, -0.2) is 17.4 Å². The van der Waals surface area contributed by atoms with Gasteiger partial charge >= 0.3 is 0 Å². The minimum absolute atomic E-state index is 0.115. The van der Waals surface area contributed by atoms with Gasteiger partial charge in [-0.05, 0) is 36.8 Å². The Kier molecular flexibility index (Phi) is 7.56. The topological polar surface area (TPSA) is 75.5 Å². The number of carbonyl (C=O) groups is 1. The number of rotatable bonds is 8. The molecule has 1 saturated heterocycles. The Bertz CT molecular complexity index is 1400. The first-order chi connectivity index (χ1) is 16.7. The van der Waals surface area contributed by atoms with Gasteiger partial charge in [0.1, 0.15) is 10.0 Å². The Morgan fingerprint density at radius 2 is 1.86 bits per heavy atom. The van der Waals surface area contributed by atoms with Gasteiger partial charge in [0.25, 0.3) is 5.91 Å². The molecule has 1 fully saturated rings. The van der Waals surface area contributed by atoms with Gasteiger partial charge in [-0.1, -0.05) is 67.7 Å². The zero-order valence-electron chi connectivity index (χ0n) is 19.7. The van der Waals surface area contributed by atoms with E-state index in [4.69, 9.17) is 17.3 Å². The van der Waals surface area contributed by atoms with E-state index in [1.807, 2.05) is 42.6 Å². The molecule has 0 bridgehead atoms. The predicted octanol–water partition coefficient (Wildman–Crippen LogP) is 4.79. The predicted molar refractivity (Wildman–Crippen MR) is 145 cm³/mol. The second-order valence-corrected chi connectivity index (χ2v) is 12.0. The summed E-state index contributed by atoms with van der Waals surface area (Å²) >= 11 is 6.73. The van der Waals surface area contributed by atoms with Crippen LogP contribution in [0.25, 0.3) is 23.0 Å². The number of thioether (sulfide) groups is 1. The summed E-state index contributed by atoms with van der Waals surface area (Å²) in [4.78, 5) is 15.4. The molecule has 10 heteroatoms. The van der Waals surface area contributed by atoms with Crippen LogP contribution in [-0.4, -0.2) is 58.3 Å². The van der Waals surface area contributed by atoms with Gasteiger partial charge in [-0.3, -0.25) is 9.69 Å². The summed E-state index contributed by atoms with van der Waals surface area (Å²) in [6, 6.07) is 16.3. The van der Waals surface area contributed by atoms with E-state index in [1.54, 1.807) is 33.9 Å². The number of para-hydroxylation sites is 1. The third kappa shape index (κ3) is 5.25. The third-order valence-electron chi connectivity index (χ3n) is 5.54. The van der Waals surface area contributed by atoms with E-state index in [-0.39, 0.29) is 10.8 Å². The monoisotopic (exact) mass is 526 g/mol. The van der Waals surface area contributed by atoms with Crippen molar-refractivity contribution in [1.29, 1.82) is 0 Å². The Morgan fingerprint density at radius 3 is 2.54 bits per heavy atom. The molecule has 1 aliphatic heterocycles. The van der Waals surface area contributed by atoms with Crippen LogP contribution in [0.15, 0.2) is 70.6 Å². The van der Waals surface area contributed by atoms with Crippen molar-refractivity contribution in [3.63, 3.8) is 0 Å². The number of thiocarbonyl (C=S) groups is 1. The highest BCUT2D eigenvalue weighted by Crippen LogP contribution is 2.35. The van der Waals surface area contributed by atoms with Crippen LogP contribution in [-0.2, 0) is 14.8 Å². The molecule has 4 rings (SSSR count). The van der Waals surface area contributed by atoms with Gasteiger partial charge < -0.3 is 0 Å². The zero-order valence-corrected chi connectivity index (χ0v) is 22.2. The second kappa shape index (κ2) is 10.4. The van der Waals surface area contributed by atoms with Crippen LogP contribution < -0.4 is 0 Å². The van der Waals surface area contributed by atoms with Gasteiger partial charge in [0.05, 0.1) is 15.5 Å². The standard InChI is InChI=1S/C25H26N4O3S3/c1-4-5-14-28-24(30)22(34-25(28)33)16-19-17-29(20-11-7-6-8-12-20)26-23(19)18-10-9-13-21(15-18)35(31,32)27(2)3/h6-13,15-17H,4-5,14H2,1-3H3/b22-16-. The van der Waals surface area contributed by atoms with Crippen LogP contribution in [0.1, 0.15) is 25.3 Å². The molecule has 0 N–H and O–H groups in total. The quantitative estimate of drug-likeness (QED) is 0.310. The van der Waals surface area contributed by atoms with Gasteiger partial charge in [0.15, 0.2) is 0 Å². The van der Waals surface area contributed by atoms with E-state index in [9.17, 15) is 13.2 Å². The highest BCUT2D eigenvalue weighted by atomic mass is 32.2. The lowest BCUT2D eigenvalue weighted by Gasteiger charge is -2.13. The Hall–Kier alpha value is -2.79. The van der Waals surface area contributed by atoms with Crippen LogP contribution in [0.4, 0.5) is 0 Å². The first-order valence-electron chi connectivity index (χ1n) is 11.2. The summed E-state index contributed by atoms with van der Waals surface area (Å²) in [6.45, 7) is 2.67. The van der Waals surface area contributed by atoms with Crippen molar-refractivity contribution in [2.75, 3.05) is 20.6 Å². The second-order valence-electron chi connectivity index (χ2n) is 8.22. The smallest absolute Gasteiger partial charge is 0.266 e. The average molecular weight is 527 g/mol. The van der Waals surface area contributed by atoms with E-state index in [0.29, 0.717) is 32.6 Å². The highest BCUT2D eigenvalue weighted by Gasteiger charge is 2.32. The number of unbranched alkanes of at least 4 members (excludes halogenated alkanes) is 1. The normalized spacial score (nSPS) is 15.5. The van der Waals surface area contributed by atoms with Gasteiger partial charge in [0, 0.05) is 38.0 Å². The molecule has 2 heterocycles. The first-order valence-corrected chi connectivity index (χ1v) is 13.8. The fourth-order valence-electron chi connectivity index (χ4n) is 3.60. The highest BCUT2D eigenvalue weighted by molar-refractivity contribution is 8.26. The summed E-state index contributed by atoms with van der Waals surface area (Å²) in [6.07, 6.45) is 5.48. The van der Waals surface area contributed by atoms with Crippen LogP contribution >= 0.6 is 24.0 Å². The molecule has 0 saturated carbocycles. The van der Waals surface area contributed by atoms with Crippen LogP contribution in [0, 0.1) is 0 Å². The van der Waals surface area contributed by atoms with Crippen molar-refractivity contribution in [3.8, 4) is 16.9 Å². The number of amides is 1. The first kappa shape index (κ1) is 25.3. The number of aromatic nitrogens is 2. The van der Waals surface area contributed by atoms with Crippen molar-refractivity contribution in [2.45, 2.75) is 24.7 Å². The van der Waals surface area contributed by atoms with E-state index in [0.717, 1.165) is 18.5 Å². The Morgan fingerprint density at radius 1 is 1.11 bits per heavy atom. The molecule has 2 aromatic carbocycles. The molecule has 182 valence electrons. The number of nitrogens with zero attached hydrogens (tertiary/aromatic N) is 4. The maximum Gasteiger partial charge on any atom is 0.266 e. The molecule has 7 nitrogen and oxygen atoms in total. The molecule has 1 amide bonds. The van der Waals surface area contributed by atoms with Crippen LogP contribution in [0.5, 0.6) is 0 Å². The summed E-state index contributed by atoms with van der Waals surface area (Å²) in [5.41, 5.74) is 2.75. The summed E-state index contributed by atoms with van der Waals surface area (Å²) in [5.74, 6) is -0.115. The van der Waals surface area contributed by atoms with Crippen molar-refractivity contribution in [1.82, 2.24) is 19.0 Å². The maximum atomic E-state index is 13.0. The molecule has 0 aliphatic carbocycles. The number of sulfonamides is 1. The lowest BCUT2D eigenvalue weighted by atomic mass is 10.1. The van der Waals surface area contributed by atoms with E-state index in [1.165, 1.54) is 30.2 Å². The van der Waals surface area contributed by atoms with E-state index in [2.05, 4.69) is 6.92 Å². The van der Waals surface area contributed by atoms with Crippen molar-refractivity contribution < 1.29 is 13.2 Å². The molecule has 0 spiro atoms. The largest absolute Gasteiger partial charge is 0.293 e. The molecule has 0 unspecified atom stereocenters. The van der Waals surface area contributed by atoms with Crippen molar-refractivity contribution in [2.24, 2.45) is 0 Å². The fourth-order valence-corrected chi connectivity index (χ4v) is 5.84. The van der Waals surface area contributed by atoms with Crippen LogP contribution in [0.2, 0.25) is 0 Å². The SMILES string of the molecule is CCCCN1C(=O)/C(=C/c2cn(-c3ccccc3)nc2-c2cccc(S(=O)(=O)N(C)C)c2)SC1=S. The number of benzene rings is 2. The minimum Gasteiger partial charge on any atom is -0.293 e. The lowest BCUT2D eigenvalue weighted by Crippen LogP contribution is -2.28. The van der Waals surface area contributed by atoms with Crippen molar-refractivity contribution >= 4 is 50.3 Å². The fraction of sp³-hybridized carbons (Fsp3) is 0.240. The summed E-state index contributed by atoms with van der Waals surface area (Å²) in [7, 11) is -0.623. The number of hydrogen-bond acceptors (Lipinski definition) is 6. The molecule has 1 aliphatic rings. The maximum absolute atomic E-state index is 13.0. The lowest BCUT2D eigenvalue weighted by molar-refractivity contribution is -0.122. The van der Waals surface area contributed by atoms with E-state index < -0.39 is 10.0 Å².